The summed E-state index contributed by atoms with van der Waals surface area (Å²) in [5.74, 6) is 0.176. The normalized spacial score (nSPS) is 23.6. The van der Waals surface area contributed by atoms with Gasteiger partial charge in [0.25, 0.3) is 0 Å². The monoisotopic (exact) mass is 410 g/mol. The van der Waals surface area contributed by atoms with Gasteiger partial charge in [-0.2, -0.15) is 0 Å². The van der Waals surface area contributed by atoms with Crippen LogP contribution in [0.5, 0.6) is 11.5 Å². The van der Waals surface area contributed by atoms with Crippen molar-refractivity contribution in [3.8, 4) is 11.5 Å². The third-order valence-corrected chi connectivity index (χ3v) is 5.78. The molecule has 0 saturated carbocycles. The zero-order chi connectivity index (χ0) is 21.8. The van der Waals surface area contributed by atoms with Crippen LogP contribution in [-0.4, -0.2) is 30.9 Å². The molecule has 1 saturated heterocycles. The van der Waals surface area contributed by atoms with Gasteiger partial charge >= 0.3 is 5.97 Å². The molecule has 5 heteroatoms. The van der Waals surface area contributed by atoms with Crippen molar-refractivity contribution >= 4 is 5.97 Å². The van der Waals surface area contributed by atoms with E-state index in [9.17, 15) is 4.79 Å². The molecular formula is C25H30O5. The van der Waals surface area contributed by atoms with Gasteiger partial charge in [0, 0.05) is 17.4 Å². The second kappa shape index (κ2) is 9.35. The fourth-order valence-corrected chi connectivity index (χ4v) is 4.27. The Balaban J connectivity index is 1.98. The minimum absolute atomic E-state index is 0.0223. The third kappa shape index (κ3) is 4.68. The lowest BCUT2D eigenvalue weighted by atomic mass is 9.75. The number of rotatable bonds is 7. The molecule has 1 aliphatic heterocycles. The molecule has 0 amide bonds. The van der Waals surface area contributed by atoms with Crippen molar-refractivity contribution in [3.05, 3.63) is 71.3 Å². The Kier molecular flexibility index (Phi) is 6.83. The predicted octanol–water partition coefficient (Wildman–Crippen LogP) is 5.29. The van der Waals surface area contributed by atoms with Crippen LogP contribution in [0.4, 0.5) is 0 Å². The number of hydrogen-bond acceptors (Lipinski definition) is 4. The molecule has 30 heavy (non-hydrogen) atoms. The molecule has 0 bridgehead atoms. The quantitative estimate of drug-likeness (QED) is 0.628. The Hall–Kier alpha value is -2.79. The van der Waals surface area contributed by atoms with Crippen molar-refractivity contribution in [3.63, 3.8) is 0 Å². The summed E-state index contributed by atoms with van der Waals surface area (Å²) >= 11 is 0. The first-order chi connectivity index (χ1) is 14.3. The van der Waals surface area contributed by atoms with Crippen LogP contribution < -0.4 is 9.47 Å². The molecular weight excluding hydrogens is 380 g/mol. The summed E-state index contributed by atoms with van der Waals surface area (Å²) in [4.78, 5) is 11.1. The van der Waals surface area contributed by atoms with E-state index in [-0.39, 0.29) is 24.0 Å². The zero-order valence-corrected chi connectivity index (χ0v) is 18.1. The number of benzene rings is 2. The van der Waals surface area contributed by atoms with E-state index in [1.165, 1.54) is 11.1 Å². The molecule has 2 aromatic rings. The number of carboxylic acids is 1. The average Bonchev–Trinajstić information content (AvgIpc) is 2.71. The van der Waals surface area contributed by atoms with Crippen molar-refractivity contribution < 1.29 is 24.1 Å². The smallest absolute Gasteiger partial charge is 0.341 e. The number of para-hydroxylation sites is 1. The lowest BCUT2D eigenvalue weighted by Crippen LogP contribution is -2.34. The SMILES string of the molecule is C=C(C)[C@H]1C[C@H](c2cccc(C)c2)[C@H](C)O[C@@H]1c1cccc(OC)c1OCC(=O)O. The fourth-order valence-electron chi connectivity index (χ4n) is 4.27. The lowest BCUT2D eigenvalue weighted by Gasteiger charge is -2.42. The standard InChI is InChI=1S/C25H30O5/c1-15(2)20-13-21(18-9-6-8-16(3)12-18)17(4)30-24(20)19-10-7-11-22(28-5)25(19)29-14-23(26)27/h6-12,17,20-21,24H,1,13-14H2,2-5H3,(H,26,27)/t17-,20+,21-,24+/m0/s1. The van der Waals surface area contributed by atoms with E-state index in [2.05, 4.69) is 44.7 Å². The van der Waals surface area contributed by atoms with E-state index in [1.54, 1.807) is 13.2 Å². The molecule has 0 aromatic heterocycles. The summed E-state index contributed by atoms with van der Waals surface area (Å²) in [7, 11) is 1.54. The van der Waals surface area contributed by atoms with Crippen LogP contribution in [0.2, 0.25) is 0 Å². The minimum Gasteiger partial charge on any atom is -0.493 e. The third-order valence-electron chi connectivity index (χ3n) is 5.78. The molecule has 0 radical (unpaired) electrons. The number of aliphatic carboxylic acids is 1. The molecule has 1 fully saturated rings. The van der Waals surface area contributed by atoms with Crippen molar-refractivity contribution in [2.45, 2.75) is 45.3 Å². The summed E-state index contributed by atoms with van der Waals surface area (Å²) in [5, 5.41) is 9.09. The topological polar surface area (TPSA) is 65.0 Å². The van der Waals surface area contributed by atoms with Gasteiger partial charge in [-0.1, -0.05) is 54.1 Å². The molecule has 1 aliphatic rings. The summed E-state index contributed by atoms with van der Waals surface area (Å²) in [5.41, 5.74) is 4.31. The first kappa shape index (κ1) is 21.9. The summed E-state index contributed by atoms with van der Waals surface area (Å²) in [6.07, 6.45) is 0.573. The minimum atomic E-state index is -1.04. The molecule has 3 rings (SSSR count). The van der Waals surface area contributed by atoms with Gasteiger partial charge in [-0.25, -0.2) is 4.79 Å². The maximum atomic E-state index is 11.1. The van der Waals surface area contributed by atoms with E-state index in [1.807, 2.05) is 19.1 Å². The molecule has 0 aliphatic carbocycles. The van der Waals surface area contributed by atoms with Gasteiger partial charge in [-0.05, 0) is 38.8 Å². The van der Waals surface area contributed by atoms with Gasteiger partial charge < -0.3 is 19.3 Å². The van der Waals surface area contributed by atoms with E-state index < -0.39 is 12.6 Å². The van der Waals surface area contributed by atoms with Gasteiger partial charge in [0.2, 0.25) is 0 Å². The highest BCUT2D eigenvalue weighted by molar-refractivity contribution is 5.68. The largest absolute Gasteiger partial charge is 0.493 e. The maximum Gasteiger partial charge on any atom is 0.341 e. The highest BCUT2D eigenvalue weighted by atomic mass is 16.5. The van der Waals surface area contributed by atoms with Crippen molar-refractivity contribution in [2.75, 3.05) is 13.7 Å². The molecule has 5 nitrogen and oxygen atoms in total. The van der Waals surface area contributed by atoms with Crippen LogP contribution >= 0.6 is 0 Å². The number of aryl methyl sites for hydroxylation is 1. The van der Waals surface area contributed by atoms with Gasteiger partial charge in [0.05, 0.1) is 19.3 Å². The molecule has 2 aromatic carbocycles. The number of hydrogen-bond donors (Lipinski definition) is 1. The highest BCUT2D eigenvalue weighted by Crippen LogP contribution is 2.49. The molecule has 160 valence electrons. The van der Waals surface area contributed by atoms with Gasteiger partial charge in [-0.3, -0.25) is 0 Å². The van der Waals surface area contributed by atoms with Crippen LogP contribution in [0, 0.1) is 12.8 Å². The fraction of sp³-hybridized carbons (Fsp3) is 0.400. The second-order valence-electron chi connectivity index (χ2n) is 8.03. The average molecular weight is 411 g/mol. The van der Waals surface area contributed by atoms with Crippen molar-refractivity contribution in [1.29, 1.82) is 0 Å². The number of carbonyl (C=O) groups is 1. The van der Waals surface area contributed by atoms with Crippen molar-refractivity contribution in [2.24, 2.45) is 5.92 Å². The Morgan fingerprint density at radius 1 is 1.27 bits per heavy atom. The molecule has 0 spiro atoms. The van der Waals surface area contributed by atoms with Crippen molar-refractivity contribution in [1.82, 2.24) is 0 Å². The van der Waals surface area contributed by atoms with Crippen LogP contribution in [0.3, 0.4) is 0 Å². The van der Waals surface area contributed by atoms with Gasteiger partial charge in [-0.15, -0.1) is 0 Å². The number of methoxy groups -OCH3 is 1. The summed E-state index contributed by atoms with van der Waals surface area (Å²) in [6.45, 7) is 9.98. The van der Waals surface area contributed by atoms with Crippen LogP contribution in [-0.2, 0) is 9.53 Å². The van der Waals surface area contributed by atoms with Crippen LogP contribution in [0.1, 0.15) is 49.0 Å². The Morgan fingerprint density at radius 3 is 2.63 bits per heavy atom. The lowest BCUT2D eigenvalue weighted by molar-refractivity contribution is -0.139. The van der Waals surface area contributed by atoms with E-state index >= 15 is 0 Å². The zero-order valence-electron chi connectivity index (χ0n) is 18.1. The number of carboxylic acid groups (broad SMARTS) is 1. The van der Waals surface area contributed by atoms with Crippen LogP contribution in [0.15, 0.2) is 54.6 Å². The molecule has 4 atom stereocenters. The van der Waals surface area contributed by atoms with E-state index in [0.717, 1.165) is 17.6 Å². The first-order valence-electron chi connectivity index (χ1n) is 10.2. The van der Waals surface area contributed by atoms with E-state index in [0.29, 0.717) is 11.5 Å². The van der Waals surface area contributed by atoms with Gasteiger partial charge in [0.15, 0.2) is 18.1 Å². The Morgan fingerprint density at radius 2 is 2.00 bits per heavy atom. The maximum absolute atomic E-state index is 11.1. The highest BCUT2D eigenvalue weighted by Gasteiger charge is 2.39. The molecule has 1 N–H and O–H groups in total. The van der Waals surface area contributed by atoms with Crippen LogP contribution in [0.25, 0.3) is 0 Å². The Labute approximate surface area is 178 Å². The summed E-state index contributed by atoms with van der Waals surface area (Å²) < 4.78 is 17.6. The second-order valence-corrected chi connectivity index (χ2v) is 8.03. The first-order valence-corrected chi connectivity index (χ1v) is 10.2. The molecule has 1 heterocycles. The summed E-state index contributed by atoms with van der Waals surface area (Å²) in [6, 6.07) is 14.1. The Bertz CT molecular complexity index is 920. The predicted molar refractivity (Wildman–Crippen MR) is 116 cm³/mol. The van der Waals surface area contributed by atoms with Gasteiger partial charge in [0.1, 0.15) is 0 Å². The van der Waals surface area contributed by atoms with E-state index in [4.69, 9.17) is 19.3 Å². The molecule has 0 unspecified atom stereocenters. The number of ether oxygens (including phenoxy) is 3.